The Morgan fingerprint density at radius 3 is 2.31 bits per heavy atom. The Bertz CT molecular complexity index is 810. The minimum absolute atomic E-state index is 0.160. The zero-order valence-electron chi connectivity index (χ0n) is 14.6. The monoisotopic (exact) mass is 414 g/mol. The molecule has 0 radical (unpaired) electrons. The maximum absolute atomic E-state index is 11.8. The van der Waals surface area contributed by atoms with Gasteiger partial charge in [0.05, 0.1) is 26.8 Å². The van der Waals surface area contributed by atoms with E-state index >= 15 is 0 Å². The van der Waals surface area contributed by atoms with Crippen molar-refractivity contribution in [2.24, 2.45) is 0 Å². The maximum Gasteiger partial charge on any atom is 0.334 e. The fourth-order valence-corrected chi connectivity index (χ4v) is 2.75. The van der Waals surface area contributed by atoms with Gasteiger partial charge in [-0.3, -0.25) is 0 Å². The topological polar surface area (TPSA) is 62.6 Å². The second-order valence-electron chi connectivity index (χ2n) is 5.50. The summed E-state index contributed by atoms with van der Waals surface area (Å²) in [5, 5.41) is 9.82. The van der Waals surface area contributed by atoms with Crippen molar-refractivity contribution in [3.05, 3.63) is 70.7 Å². The molecule has 0 saturated heterocycles. The molecule has 0 N–H and O–H groups in total. The van der Waals surface area contributed by atoms with E-state index in [9.17, 15) is 10.1 Å². The number of nitriles is 1. The number of carbonyl (C=O) groups is 1. The van der Waals surface area contributed by atoms with Crippen LogP contribution < -0.4 is 9.64 Å². The van der Waals surface area contributed by atoms with E-state index in [1.165, 1.54) is 7.11 Å². The fraction of sp³-hybridized carbons (Fsp3) is 0.200. The molecule has 1 atom stereocenters. The number of esters is 1. The minimum atomic E-state index is -0.599. The van der Waals surface area contributed by atoms with Crippen LogP contribution in [0.5, 0.6) is 5.75 Å². The molecular weight excluding hydrogens is 396 g/mol. The maximum atomic E-state index is 11.8. The van der Waals surface area contributed by atoms with Gasteiger partial charge in [0.15, 0.2) is 0 Å². The Labute approximate surface area is 161 Å². The number of halogens is 1. The van der Waals surface area contributed by atoms with Crippen LogP contribution in [0.1, 0.15) is 11.6 Å². The molecule has 0 bridgehead atoms. The van der Waals surface area contributed by atoms with E-state index in [-0.39, 0.29) is 12.1 Å². The second kappa shape index (κ2) is 9.07. The Morgan fingerprint density at radius 1 is 1.19 bits per heavy atom. The summed E-state index contributed by atoms with van der Waals surface area (Å²) in [7, 11) is 2.90. The van der Waals surface area contributed by atoms with Crippen LogP contribution >= 0.6 is 15.9 Å². The number of nitrogens with zero attached hydrogens (tertiary/aromatic N) is 2. The Kier molecular flexibility index (Phi) is 6.81. The van der Waals surface area contributed by atoms with Crippen molar-refractivity contribution in [3.8, 4) is 11.8 Å². The van der Waals surface area contributed by atoms with Crippen molar-refractivity contribution in [1.82, 2.24) is 0 Å². The van der Waals surface area contributed by atoms with E-state index < -0.39 is 12.0 Å². The molecule has 2 aromatic carbocycles. The summed E-state index contributed by atoms with van der Waals surface area (Å²) in [4.78, 5) is 13.6. The highest BCUT2D eigenvalue weighted by atomic mass is 79.9. The number of anilines is 1. The molecule has 0 saturated carbocycles. The molecule has 0 spiro atoms. The average molecular weight is 415 g/mol. The van der Waals surface area contributed by atoms with E-state index in [0.717, 1.165) is 15.7 Å². The summed E-state index contributed by atoms with van der Waals surface area (Å²) in [6.45, 7) is 3.95. The lowest BCUT2D eigenvalue weighted by Crippen LogP contribution is -2.31. The molecular formula is C20H19BrN2O3. The third-order valence-corrected chi connectivity index (χ3v) is 4.39. The van der Waals surface area contributed by atoms with Gasteiger partial charge in [0, 0.05) is 15.7 Å². The van der Waals surface area contributed by atoms with Crippen molar-refractivity contribution in [3.63, 3.8) is 0 Å². The first-order chi connectivity index (χ1) is 12.5. The number of ether oxygens (including phenoxy) is 2. The third kappa shape index (κ3) is 4.64. The van der Waals surface area contributed by atoms with Crippen LogP contribution in [-0.4, -0.2) is 26.7 Å². The number of benzene rings is 2. The molecule has 0 aliphatic rings. The van der Waals surface area contributed by atoms with E-state index in [2.05, 4.69) is 28.6 Å². The van der Waals surface area contributed by atoms with Crippen molar-refractivity contribution >= 4 is 27.6 Å². The minimum Gasteiger partial charge on any atom is -0.497 e. The molecule has 0 aliphatic carbocycles. The van der Waals surface area contributed by atoms with Gasteiger partial charge >= 0.3 is 5.97 Å². The van der Waals surface area contributed by atoms with Crippen LogP contribution in [0.15, 0.2) is 65.2 Å². The van der Waals surface area contributed by atoms with Gasteiger partial charge in [0.1, 0.15) is 11.8 Å². The number of methoxy groups -OCH3 is 2. The van der Waals surface area contributed by atoms with E-state index in [1.54, 1.807) is 19.2 Å². The van der Waals surface area contributed by atoms with Crippen LogP contribution in [0.4, 0.5) is 5.69 Å². The zero-order chi connectivity index (χ0) is 19.1. The Hall–Kier alpha value is -2.78. The van der Waals surface area contributed by atoms with Gasteiger partial charge in [0.2, 0.25) is 0 Å². The second-order valence-corrected chi connectivity index (χ2v) is 6.42. The summed E-state index contributed by atoms with van der Waals surface area (Å²) in [6.07, 6.45) is 0. The molecule has 0 aromatic heterocycles. The number of carbonyl (C=O) groups excluding carboxylic acids is 1. The summed E-state index contributed by atoms with van der Waals surface area (Å²) in [5.74, 6) is 0.202. The standard InChI is InChI=1S/C20H19BrN2O3/c1-14(20(24)26-3)13-23(17-8-10-18(25-2)11-9-17)19(12-22)15-4-6-16(21)7-5-15/h4-11,19H,1,13H2,2-3H3. The summed E-state index contributed by atoms with van der Waals surface area (Å²) >= 11 is 3.40. The van der Waals surface area contributed by atoms with E-state index in [1.807, 2.05) is 41.3 Å². The van der Waals surface area contributed by atoms with Crippen LogP contribution in [0, 0.1) is 11.3 Å². The van der Waals surface area contributed by atoms with Crippen LogP contribution in [-0.2, 0) is 9.53 Å². The highest BCUT2D eigenvalue weighted by Crippen LogP contribution is 2.30. The molecule has 26 heavy (non-hydrogen) atoms. The summed E-state index contributed by atoms with van der Waals surface area (Å²) in [5.41, 5.74) is 1.84. The first-order valence-electron chi connectivity index (χ1n) is 7.82. The van der Waals surface area contributed by atoms with Crippen molar-refractivity contribution < 1.29 is 14.3 Å². The van der Waals surface area contributed by atoms with Gasteiger partial charge in [-0.05, 0) is 42.0 Å². The highest BCUT2D eigenvalue weighted by molar-refractivity contribution is 9.10. The Balaban J connectivity index is 2.43. The van der Waals surface area contributed by atoms with Gasteiger partial charge in [-0.2, -0.15) is 5.26 Å². The molecule has 2 rings (SSSR count). The highest BCUT2D eigenvalue weighted by Gasteiger charge is 2.23. The van der Waals surface area contributed by atoms with Crippen molar-refractivity contribution in [1.29, 1.82) is 5.26 Å². The van der Waals surface area contributed by atoms with Gasteiger partial charge < -0.3 is 14.4 Å². The molecule has 6 heteroatoms. The summed E-state index contributed by atoms with van der Waals surface area (Å²) < 4.78 is 10.9. The van der Waals surface area contributed by atoms with Crippen LogP contribution in [0.25, 0.3) is 0 Å². The lowest BCUT2D eigenvalue weighted by atomic mass is 10.0. The van der Waals surface area contributed by atoms with Gasteiger partial charge in [0.25, 0.3) is 0 Å². The molecule has 134 valence electrons. The normalized spacial score (nSPS) is 11.2. The number of hydrogen-bond donors (Lipinski definition) is 0. The van der Waals surface area contributed by atoms with E-state index in [4.69, 9.17) is 9.47 Å². The van der Waals surface area contributed by atoms with E-state index in [0.29, 0.717) is 5.75 Å². The smallest absolute Gasteiger partial charge is 0.334 e. The zero-order valence-corrected chi connectivity index (χ0v) is 16.2. The van der Waals surface area contributed by atoms with Crippen molar-refractivity contribution in [2.45, 2.75) is 6.04 Å². The molecule has 0 heterocycles. The molecule has 1 unspecified atom stereocenters. The third-order valence-electron chi connectivity index (χ3n) is 3.86. The number of hydrogen-bond acceptors (Lipinski definition) is 5. The van der Waals surface area contributed by atoms with Crippen LogP contribution in [0.3, 0.4) is 0 Å². The molecule has 2 aromatic rings. The molecule has 0 fully saturated rings. The predicted molar refractivity (Wildman–Crippen MR) is 104 cm³/mol. The first kappa shape index (κ1) is 19.5. The number of rotatable bonds is 7. The van der Waals surface area contributed by atoms with Gasteiger partial charge in [-0.25, -0.2) is 4.79 Å². The average Bonchev–Trinajstić information content (AvgIpc) is 2.68. The largest absolute Gasteiger partial charge is 0.497 e. The lowest BCUT2D eigenvalue weighted by molar-refractivity contribution is -0.136. The SMILES string of the molecule is C=C(CN(c1ccc(OC)cc1)C(C#N)c1ccc(Br)cc1)C(=O)OC. The van der Waals surface area contributed by atoms with Gasteiger partial charge in [-0.1, -0.05) is 34.6 Å². The summed E-state index contributed by atoms with van der Waals surface area (Å²) in [6, 6.07) is 16.5. The van der Waals surface area contributed by atoms with Crippen LogP contribution in [0.2, 0.25) is 0 Å². The predicted octanol–water partition coefficient (Wildman–Crippen LogP) is 4.26. The quantitative estimate of drug-likeness (QED) is 0.500. The molecule has 0 aliphatic heterocycles. The lowest BCUT2D eigenvalue weighted by Gasteiger charge is -2.30. The fourth-order valence-electron chi connectivity index (χ4n) is 2.49. The Morgan fingerprint density at radius 2 is 1.81 bits per heavy atom. The molecule has 5 nitrogen and oxygen atoms in total. The first-order valence-corrected chi connectivity index (χ1v) is 8.61. The van der Waals surface area contributed by atoms with Crippen molar-refractivity contribution in [2.75, 3.05) is 25.7 Å². The molecule has 0 amide bonds. The van der Waals surface area contributed by atoms with Gasteiger partial charge in [-0.15, -0.1) is 0 Å².